The summed E-state index contributed by atoms with van der Waals surface area (Å²) in [5, 5.41) is 25.2. The van der Waals surface area contributed by atoms with Gasteiger partial charge in [-0.25, -0.2) is 0 Å². The van der Waals surface area contributed by atoms with E-state index in [4.69, 9.17) is 15.9 Å². The van der Waals surface area contributed by atoms with Crippen molar-refractivity contribution >= 4 is 34.9 Å². The van der Waals surface area contributed by atoms with E-state index in [1.54, 1.807) is 30.5 Å². The maximum Gasteiger partial charge on any atom is 0.373 e. The van der Waals surface area contributed by atoms with Crippen LogP contribution in [0, 0.1) is 15.5 Å². The number of rotatable bonds is 8. The van der Waals surface area contributed by atoms with Gasteiger partial charge in [0.15, 0.2) is 16.9 Å². The SMILES string of the molecule is CSc1nc(NCc2ccccc2)c([N+](=O)[O-])c(Oc2ccccc2NC(=N)N)n1. The average molecular weight is 425 g/mol. The van der Waals surface area contributed by atoms with Crippen molar-refractivity contribution in [2.45, 2.75) is 11.7 Å². The molecule has 1 heterocycles. The highest BCUT2D eigenvalue weighted by atomic mass is 32.2. The van der Waals surface area contributed by atoms with Gasteiger partial charge in [-0.2, -0.15) is 9.97 Å². The summed E-state index contributed by atoms with van der Waals surface area (Å²) in [6.07, 6.45) is 1.76. The number of nitro groups is 1. The van der Waals surface area contributed by atoms with Crippen LogP contribution in [0.4, 0.5) is 17.2 Å². The monoisotopic (exact) mass is 425 g/mol. The van der Waals surface area contributed by atoms with E-state index in [1.165, 1.54) is 11.8 Å². The number of hydrogen-bond donors (Lipinski definition) is 4. The number of guanidine groups is 1. The average Bonchev–Trinajstić information content (AvgIpc) is 2.73. The summed E-state index contributed by atoms with van der Waals surface area (Å²) in [4.78, 5) is 19.7. The number of aromatic nitrogens is 2. The molecule has 0 bridgehead atoms. The molecule has 30 heavy (non-hydrogen) atoms. The molecule has 0 radical (unpaired) electrons. The molecular formula is C19H19N7O3S. The van der Waals surface area contributed by atoms with Gasteiger partial charge in [-0.3, -0.25) is 15.5 Å². The second kappa shape index (κ2) is 9.56. The number of para-hydroxylation sites is 2. The number of nitrogens with one attached hydrogen (secondary N) is 3. The van der Waals surface area contributed by atoms with Crippen LogP contribution in [0.3, 0.4) is 0 Å². The van der Waals surface area contributed by atoms with Crippen LogP contribution in [0.1, 0.15) is 5.56 Å². The Labute approximate surface area is 176 Å². The van der Waals surface area contributed by atoms with Crippen LogP contribution < -0.4 is 21.1 Å². The Balaban J connectivity index is 1.99. The van der Waals surface area contributed by atoms with Crippen molar-refractivity contribution in [2.75, 3.05) is 16.9 Å². The van der Waals surface area contributed by atoms with E-state index in [2.05, 4.69) is 20.6 Å². The molecule has 11 heteroatoms. The van der Waals surface area contributed by atoms with Crippen molar-refractivity contribution in [1.29, 1.82) is 5.41 Å². The fraction of sp³-hybridized carbons (Fsp3) is 0.105. The van der Waals surface area contributed by atoms with E-state index in [0.29, 0.717) is 17.4 Å². The van der Waals surface area contributed by atoms with Gasteiger partial charge in [0.2, 0.25) is 5.82 Å². The molecule has 154 valence electrons. The van der Waals surface area contributed by atoms with Gasteiger partial charge in [-0.05, 0) is 24.0 Å². The van der Waals surface area contributed by atoms with Crippen LogP contribution in [0.15, 0.2) is 59.8 Å². The van der Waals surface area contributed by atoms with E-state index >= 15 is 0 Å². The lowest BCUT2D eigenvalue weighted by Gasteiger charge is -2.13. The van der Waals surface area contributed by atoms with Crippen molar-refractivity contribution < 1.29 is 9.66 Å². The number of hydrogen-bond acceptors (Lipinski definition) is 8. The first-order valence-electron chi connectivity index (χ1n) is 8.74. The van der Waals surface area contributed by atoms with Crippen LogP contribution >= 0.6 is 11.8 Å². The Bertz CT molecular complexity index is 1060. The summed E-state index contributed by atoms with van der Waals surface area (Å²) in [5.74, 6) is -0.225. The molecule has 0 aliphatic heterocycles. The van der Waals surface area contributed by atoms with Crippen molar-refractivity contribution in [3.05, 3.63) is 70.3 Å². The predicted octanol–water partition coefficient (Wildman–Crippen LogP) is 3.82. The zero-order valence-corrected chi connectivity index (χ0v) is 16.8. The molecule has 0 atom stereocenters. The van der Waals surface area contributed by atoms with E-state index in [9.17, 15) is 10.1 Å². The van der Waals surface area contributed by atoms with Crippen molar-refractivity contribution in [1.82, 2.24) is 9.97 Å². The molecule has 0 saturated carbocycles. The zero-order chi connectivity index (χ0) is 21.5. The highest BCUT2D eigenvalue weighted by Crippen LogP contribution is 2.38. The van der Waals surface area contributed by atoms with Gasteiger partial charge in [0.25, 0.3) is 0 Å². The van der Waals surface area contributed by atoms with Gasteiger partial charge in [0, 0.05) is 6.54 Å². The molecule has 10 nitrogen and oxygen atoms in total. The predicted molar refractivity (Wildman–Crippen MR) is 116 cm³/mol. The van der Waals surface area contributed by atoms with E-state index < -0.39 is 4.92 Å². The molecule has 0 aliphatic carbocycles. The van der Waals surface area contributed by atoms with Crippen molar-refractivity contribution in [3.63, 3.8) is 0 Å². The van der Waals surface area contributed by atoms with Crippen LogP contribution in [-0.2, 0) is 6.54 Å². The van der Waals surface area contributed by atoms with Gasteiger partial charge in [-0.15, -0.1) is 0 Å². The molecule has 0 fully saturated rings. The van der Waals surface area contributed by atoms with Crippen LogP contribution in [0.5, 0.6) is 11.6 Å². The summed E-state index contributed by atoms with van der Waals surface area (Å²) in [7, 11) is 0. The smallest absolute Gasteiger partial charge is 0.373 e. The summed E-state index contributed by atoms with van der Waals surface area (Å²) >= 11 is 1.23. The van der Waals surface area contributed by atoms with Gasteiger partial charge in [0.1, 0.15) is 0 Å². The molecule has 1 aromatic heterocycles. The van der Waals surface area contributed by atoms with E-state index in [1.807, 2.05) is 30.3 Å². The highest BCUT2D eigenvalue weighted by Gasteiger charge is 2.27. The second-order valence-electron chi connectivity index (χ2n) is 5.95. The fourth-order valence-corrected chi connectivity index (χ4v) is 2.91. The maximum absolute atomic E-state index is 11.8. The molecule has 0 amide bonds. The number of anilines is 2. The van der Waals surface area contributed by atoms with Gasteiger partial charge in [-0.1, -0.05) is 54.2 Å². The third kappa shape index (κ3) is 5.14. The second-order valence-corrected chi connectivity index (χ2v) is 6.72. The molecule has 0 saturated heterocycles. The molecule has 5 N–H and O–H groups in total. The van der Waals surface area contributed by atoms with Crippen LogP contribution in [-0.4, -0.2) is 27.1 Å². The first-order valence-corrected chi connectivity index (χ1v) is 9.96. The first-order chi connectivity index (χ1) is 14.5. The normalized spacial score (nSPS) is 10.3. The number of benzene rings is 2. The zero-order valence-electron chi connectivity index (χ0n) is 16.0. The Morgan fingerprint density at radius 2 is 1.90 bits per heavy atom. The summed E-state index contributed by atoms with van der Waals surface area (Å²) in [6.45, 7) is 0.342. The molecule has 3 rings (SSSR count). The van der Waals surface area contributed by atoms with Crippen molar-refractivity contribution in [2.24, 2.45) is 5.73 Å². The van der Waals surface area contributed by atoms with E-state index in [0.717, 1.165) is 5.56 Å². The molecule has 3 aromatic rings. The third-order valence-electron chi connectivity index (χ3n) is 3.86. The van der Waals surface area contributed by atoms with Gasteiger partial charge >= 0.3 is 11.6 Å². The molecular weight excluding hydrogens is 406 g/mol. The number of ether oxygens (including phenoxy) is 1. The number of nitrogens with zero attached hydrogens (tertiary/aromatic N) is 3. The Kier molecular flexibility index (Phi) is 6.65. The number of nitrogens with two attached hydrogens (primary N) is 1. The summed E-state index contributed by atoms with van der Waals surface area (Å²) < 4.78 is 5.78. The lowest BCUT2D eigenvalue weighted by molar-refractivity contribution is -0.385. The Hall–Kier alpha value is -3.86. The minimum Gasteiger partial charge on any atom is -0.431 e. The Morgan fingerprint density at radius 3 is 2.57 bits per heavy atom. The fourth-order valence-electron chi connectivity index (χ4n) is 2.55. The molecule has 2 aromatic carbocycles. The first kappa shape index (κ1) is 20.9. The minimum absolute atomic E-state index is 0.0511. The van der Waals surface area contributed by atoms with Crippen LogP contribution in [0.2, 0.25) is 0 Å². The minimum atomic E-state index is -0.590. The lowest BCUT2D eigenvalue weighted by atomic mass is 10.2. The third-order valence-corrected chi connectivity index (χ3v) is 4.41. The van der Waals surface area contributed by atoms with Crippen molar-refractivity contribution in [3.8, 4) is 11.6 Å². The standard InChI is InChI=1S/C19H19N7O3S/c1-30-19-24-16(22-11-12-7-3-2-4-8-12)15(26(27)28)17(25-19)29-14-10-6-5-9-13(14)23-18(20)21/h2-10H,11H2,1H3,(H4,20,21,23)(H,22,24,25). The summed E-state index contributed by atoms with van der Waals surface area (Å²) in [6, 6.07) is 16.1. The molecule has 0 unspecified atom stereocenters. The molecule has 0 aliphatic rings. The number of thioether (sulfide) groups is 1. The van der Waals surface area contributed by atoms with Crippen LogP contribution in [0.25, 0.3) is 0 Å². The highest BCUT2D eigenvalue weighted by molar-refractivity contribution is 7.98. The van der Waals surface area contributed by atoms with E-state index in [-0.39, 0.29) is 29.1 Å². The lowest BCUT2D eigenvalue weighted by Crippen LogP contribution is -2.20. The van der Waals surface area contributed by atoms with Gasteiger partial charge in [0.05, 0.1) is 10.6 Å². The molecule has 0 spiro atoms. The summed E-state index contributed by atoms with van der Waals surface area (Å²) in [5.41, 5.74) is 6.33. The maximum atomic E-state index is 11.8. The topological polar surface area (TPSA) is 152 Å². The quantitative estimate of drug-likeness (QED) is 0.105. The Morgan fingerprint density at radius 1 is 1.20 bits per heavy atom. The van der Waals surface area contributed by atoms with Gasteiger partial charge < -0.3 is 21.1 Å². The largest absolute Gasteiger partial charge is 0.431 e.